The predicted molar refractivity (Wildman–Crippen MR) is 64.5 cm³/mol. The zero-order valence-corrected chi connectivity index (χ0v) is 10.9. The van der Waals surface area contributed by atoms with E-state index < -0.39 is 26.6 Å². The highest BCUT2D eigenvalue weighted by Gasteiger charge is 2.26. The smallest absolute Gasteiger partial charge is 0.246 e. The van der Waals surface area contributed by atoms with Crippen molar-refractivity contribution >= 4 is 10.0 Å². The number of halogens is 2. The van der Waals surface area contributed by atoms with Crippen molar-refractivity contribution in [2.45, 2.75) is 18.2 Å². The van der Waals surface area contributed by atoms with Crippen LogP contribution in [0.5, 0.6) is 0 Å². The fraction of sp³-hybridized carbons (Fsp3) is 0.455. The monoisotopic (exact) mass is 278 g/mol. The first-order chi connectivity index (χ1) is 8.43. The van der Waals surface area contributed by atoms with Gasteiger partial charge in [-0.2, -0.15) is 4.31 Å². The summed E-state index contributed by atoms with van der Waals surface area (Å²) >= 11 is 0. The van der Waals surface area contributed by atoms with Gasteiger partial charge in [-0.05, 0) is 31.2 Å². The van der Waals surface area contributed by atoms with Gasteiger partial charge >= 0.3 is 0 Å². The summed E-state index contributed by atoms with van der Waals surface area (Å²) in [5.74, 6) is -1.74. The van der Waals surface area contributed by atoms with Crippen molar-refractivity contribution in [3.05, 3.63) is 29.8 Å². The molecule has 7 heteroatoms. The minimum absolute atomic E-state index is 0.179. The molecule has 1 rings (SSSR count). The summed E-state index contributed by atoms with van der Waals surface area (Å²) in [5.41, 5.74) is 5.31. The molecule has 0 unspecified atom stereocenters. The minimum atomic E-state index is -4.01. The summed E-state index contributed by atoms with van der Waals surface area (Å²) in [7, 11) is -4.01. The molecule has 0 amide bonds. The quantitative estimate of drug-likeness (QED) is 0.853. The number of nitrogens with two attached hydrogens (primary N) is 1. The molecule has 0 aliphatic heterocycles. The van der Waals surface area contributed by atoms with E-state index >= 15 is 0 Å². The van der Waals surface area contributed by atoms with Crippen LogP contribution >= 0.6 is 0 Å². The van der Waals surface area contributed by atoms with Crippen LogP contribution in [0.2, 0.25) is 0 Å². The third-order valence-electron chi connectivity index (χ3n) is 2.48. The van der Waals surface area contributed by atoms with Crippen LogP contribution in [-0.2, 0) is 10.0 Å². The molecule has 1 aromatic carbocycles. The molecule has 0 aliphatic rings. The molecular formula is C11H16F2N2O2S. The van der Waals surface area contributed by atoms with Crippen LogP contribution in [0.3, 0.4) is 0 Å². The molecule has 0 saturated carbocycles. The van der Waals surface area contributed by atoms with Crippen LogP contribution in [0.15, 0.2) is 23.1 Å². The van der Waals surface area contributed by atoms with E-state index in [1.165, 1.54) is 0 Å². The Balaban J connectivity index is 3.14. The van der Waals surface area contributed by atoms with Crippen LogP contribution in [-0.4, -0.2) is 32.4 Å². The van der Waals surface area contributed by atoms with Crippen molar-refractivity contribution < 1.29 is 17.2 Å². The number of rotatable bonds is 6. The third-order valence-corrected chi connectivity index (χ3v) is 4.46. The summed E-state index contributed by atoms with van der Waals surface area (Å²) in [5, 5.41) is 0. The summed E-state index contributed by atoms with van der Waals surface area (Å²) in [6, 6.07) is 2.37. The van der Waals surface area contributed by atoms with Crippen molar-refractivity contribution in [2.75, 3.05) is 19.6 Å². The van der Waals surface area contributed by atoms with Gasteiger partial charge in [-0.25, -0.2) is 17.2 Å². The largest absolute Gasteiger partial charge is 0.330 e. The van der Waals surface area contributed by atoms with Crippen LogP contribution in [0.1, 0.15) is 13.3 Å². The lowest BCUT2D eigenvalue weighted by Gasteiger charge is -2.20. The number of sulfonamides is 1. The first-order valence-electron chi connectivity index (χ1n) is 5.58. The normalized spacial score (nSPS) is 12.1. The van der Waals surface area contributed by atoms with Crippen molar-refractivity contribution in [1.29, 1.82) is 0 Å². The minimum Gasteiger partial charge on any atom is -0.330 e. The molecule has 0 radical (unpaired) electrons. The maximum atomic E-state index is 13.5. The SMILES string of the molecule is CCN(CCCN)S(=O)(=O)c1cc(F)ccc1F. The molecule has 0 bridgehead atoms. The summed E-state index contributed by atoms with van der Waals surface area (Å²) in [6.07, 6.45) is 0.462. The van der Waals surface area contributed by atoms with Crippen LogP contribution in [0, 0.1) is 11.6 Å². The van der Waals surface area contributed by atoms with Gasteiger partial charge < -0.3 is 5.73 Å². The average molecular weight is 278 g/mol. The Kier molecular flexibility index (Phi) is 5.18. The molecular weight excluding hydrogens is 262 g/mol. The summed E-state index contributed by atoms with van der Waals surface area (Å²) in [4.78, 5) is -0.638. The number of hydrogen-bond acceptors (Lipinski definition) is 3. The first kappa shape index (κ1) is 15.0. The Labute approximate surface area is 105 Å². The fourth-order valence-corrected chi connectivity index (χ4v) is 3.09. The molecule has 1 aromatic rings. The molecule has 0 atom stereocenters. The van der Waals surface area contributed by atoms with Gasteiger partial charge in [0.15, 0.2) is 0 Å². The molecule has 0 saturated heterocycles. The topological polar surface area (TPSA) is 63.4 Å². The zero-order chi connectivity index (χ0) is 13.8. The van der Waals surface area contributed by atoms with Crippen LogP contribution in [0.4, 0.5) is 8.78 Å². The van der Waals surface area contributed by atoms with Crippen molar-refractivity contribution in [2.24, 2.45) is 5.73 Å². The molecule has 102 valence electrons. The van der Waals surface area contributed by atoms with Gasteiger partial charge in [-0.1, -0.05) is 6.92 Å². The summed E-state index contributed by atoms with van der Waals surface area (Å²) in [6.45, 7) is 2.33. The lowest BCUT2D eigenvalue weighted by molar-refractivity contribution is 0.418. The van der Waals surface area contributed by atoms with E-state index in [0.29, 0.717) is 19.0 Å². The molecule has 0 aliphatic carbocycles. The van der Waals surface area contributed by atoms with E-state index in [4.69, 9.17) is 5.73 Å². The molecule has 4 nitrogen and oxygen atoms in total. The van der Waals surface area contributed by atoms with Gasteiger partial charge in [0, 0.05) is 13.1 Å². The maximum Gasteiger partial charge on any atom is 0.246 e. The Morgan fingerprint density at radius 2 is 2.00 bits per heavy atom. The van der Waals surface area contributed by atoms with Gasteiger partial charge in [0.25, 0.3) is 0 Å². The van der Waals surface area contributed by atoms with E-state index in [-0.39, 0.29) is 13.1 Å². The highest BCUT2D eigenvalue weighted by Crippen LogP contribution is 2.20. The highest BCUT2D eigenvalue weighted by atomic mass is 32.2. The third kappa shape index (κ3) is 3.24. The van der Waals surface area contributed by atoms with Gasteiger partial charge in [0.1, 0.15) is 16.5 Å². The average Bonchev–Trinajstić information content (AvgIpc) is 2.33. The standard InChI is InChI=1S/C11H16F2N2O2S/c1-2-15(7-3-6-14)18(16,17)11-8-9(12)4-5-10(11)13/h4-5,8H,2-3,6-7,14H2,1H3. The van der Waals surface area contributed by atoms with Gasteiger partial charge in [0.2, 0.25) is 10.0 Å². The molecule has 2 N–H and O–H groups in total. The van der Waals surface area contributed by atoms with Crippen molar-refractivity contribution in [1.82, 2.24) is 4.31 Å². The summed E-state index contributed by atoms with van der Waals surface area (Å²) < 4.78 is 51.8. The van der Waals surface area contributed by atoms with Crippen LogP contribution in [0.25, 0.3) is 0 Å². The first-order valence-corrected chi connectivity index (χ1v) is 7.02. The molecule has 0 aromatic heterocycles. The molecule has 18 heavy (non-hydrogen) atoms. The maximum absolute atomic E-state index is 13.5. The molecule has 0 heterocycles. The van der Waals surface area contributed by atoms with E-state index in [0.717, 1.165) is 16.4 Å². The number of nitrogens with zero attached hydrogens (tertiary/aromatic N) is 1. The van der Waals surface area contributed by atoms with E-state index in [1.807, 2.05) is 0 Å². The number of hydrogen-bond donors (Lipinski definition) is 1. The number of benzene rings is 1. The lowest BCUT2D eigenvalue weighted by atomic mass is 10.3. The van der Waals surface area contributed by atoms with E-state index in [2.05, 4.69) is 0 Å². The van der Waals surface area contributed by atoms with Gasteiger partial charge in [-0.3, -0.25) is 0 Å². The van der Waals surface area contributed by atoms with Crippen LogP contribution < -0.4 is 5.73 Å². The highest BCUT2D eigenvalue weighted by molar-refractivity contribution is 7.89. The Morgan fingerprint density at radius 1 is 1.33 bits per heavy atom. The predicted octanol–water partition coefficient (Wildman–Crippen LogP) is 1.32. The zero-order valence-electron chi connectivity index (χ0n) is 10.1. The van der Waals surface area contributed by atoms with Crippen molar-refractivity contribution in [3.63, 3.8) is 0 Å². The second kappa shape index (κ2) is 6.21. The van der Waals surface area contributed by atoms with E-state index in [9.17, 15) is 17.2 Å². The van der Waals surface area contributed by atoms with Crippen molar-refractivity contribution in [3.8, 4) is 0 Å². The molecule has 0 fully saturated rings. The Hall–Kier alpha value is -1.05. The van der Waals surface area contributed by atoms with Gasteiger partial charge in [0.05, 0.1) is 0 Å². The second-order valence-corrected chi connectivity index (χ2v) is 5.62. The molecule has 0 spiro atoms. The van der Waals surface area contributed by atoms with Gasteiger partial charge in [-0.15, -0.1) is 0 Å². The Bertz CT molecular complexity index is 506. The second-order valence-electron chi connectivity index (χ2n) is 3.71. The lowest BCUT2D eigenvalue weighted by Crippen LogP contribution is -2.33. The van der Waals surface area contributed by atoms with E-state index in [1.54, 1.807) is 6.92 Å². The fourth-order valence-electron chi connectivity index (χ4n) is 1.53. The Morgan fingerprint density at radius 3 is 2.56 bits per heavy atom.